The Labute approximate surface area is 160 Å². The molecule has 5 nitrogen and oxygen atoms in total. The van der Waals surface area contributed by atoms with Gasteiger partial charge in [-0.05, 0) is 25.0 Å². The van der Waals surface area contributed by atoms with Gasteiger partial charge >= 0.3 is 0 Å². The highest BCUT2D eigenvalue weighted by molar-refractivity contribution is 5.81. The number of carbonyl (C=O) groups is 1. The van der Waals surface area contributed by atoms with Crippen LogP contribution < -0.4 is 10.6 Å². The third-order valence-electron chi connectivity index (χ3n) is 4.70. The predicted molar refractivity (Wildman–Crippen MR) is 104 cm³/mol. The topological polar surface area (TPSA) is 56.7 Å². The molecular weight excluding hydrogens is 350 g/mol. The fourth-order valence-electron chi connectivity index (χ4n) is 3.18. The molecule has 0 aromatic heterocycles. The lowest BCUT2D eigenvalue weighted by atomic mass is 10.0. The molecule has 2 unspecified atom stereocenters. The first-order valence-electron chi connectivity index (χ1n) is 9.60. The van der Waals surface area contributed by atoms with Gasteiger partial charge in [0.15, 0.2) is 5.96 Å². The van der Waals surface area contributed by atoms with Crippen molar-refractivity contribution in [3.8, 4) is 0 Å². The van der Waals surface area contributed by atoms with Crippen molar-refractivity contribution in [2.75, 3.05) is 26.2 Å². The maximum Gasteiger partial charge on any atom is 0.225 e. The summed E-state index contributed by atoms with van der Waals surface area (Å²) in [5.74, 6) is -0.490. The first-order valence-corrected chi connectivity index (χ1v) is 9.60. The van der Waals surface area contributed by atoms with E-state index in [0.717, 1.165) is 19.0 Å². The van der Waals surface area contributed by atoms with E-state index in [9.17, 15) is 13.6 Å². The van der Waals surface area contributed by atoms with Gasteiger partial charge in [0.05, 0.1) is 0 Å². The van der Waals surface area contributed by atoms with Gasteiger partial charge in [0.1, 0.15) is 11.6 Å². The molecule has 27 heavy (non-hydrogen) atoms. The number of carbonyl (C=O) groups excluding carboxylic acids is 1. The fraction of sp³-hybridized carbons (Fsp3) is 0.600. The number of halogens is 2. The van der Waals surface area contributed by atoms with Crippen LogP contribution in [0, 0.1) is 17.6 Å². The SMILES string of the molecule is CCNC(=NCC(C)c1ccc(F)cc1F)NC1CCN(C(=O)C(C)C)C1. The summed E-state index contributed by atoms with van der Waals surface area (Å²) in [5.41, 5.74) is 0.450. The standard InChI is InChI=1S/C20H30F2N4O/c1-5-23-20(25-16-8-9-26(12-16)19(27)13(2)3)24-11-14(4)17-7-6-15(21)10-18(17)22/h6-7,10,13-14,16H,5,8-9,11-12H2,1-4H3,(H2,23,24,25). The van der Waals surface area contributed by atoms with E-state index in [-0.39, 0.29) is 23.8 Å². The first-order chi connectivity index (χ1) is 12.8. The van der Waals surface area contributed by atoms with Crippen LogP contribution in [-0.2, 0) is 4.79 Å². The van der Waals surface area contributed by atoms with E-state index in [1.54, 1.807) is 0 Å². The van der Waals surface area contributed by atoms with Crippen molar-refractivity contribution in [3.05, 3.63) is 35.4 Å². The molecule has 150 valence electrons. The first kappa shape index (κ1) is 21.1. The highest BCUT2D eigenvalue weighted by Crippen LogP contribution is 2.20. The summed E-state index contributed by atoms with van der Waals surface area (Å²) < 4.78 is 27.0. The third kappa shape index (κ3) is 5.91. The number of benzene rings is 1. The number of likely N-dealkylation sites (tertiary alicyclic amines) is 1. The second-order valence-electron chi connectivity index (χ2n) is 7.36. The van der Waals surface area contributed by atoms with Gasteiger partial charge in [0.25, 0.3) is 0 Å². The molecule has 0 radical (unpaired) electrons. The van der Waals surface area contributed by atoms with E-state index in [0.29, 0.717) is 31.2 Å². The van der Waals surface area contributed by atoms with Crippen LogP contribution in [0.15, 0.2) is 23.2 Å². The van der Waals surface area contributed by atoms with Crippen molar-refractivity contribution in [3.63, 3.8) is 0 Å². The zero-order chi connectivity index (χ0) is 20.0. The lowest BCUT2D eigenvalue weighted by Crippen LogP contribution is -2.45. The van der Waals surface area contributed by atoms with E-state index < -0.39 is 11.6 Å². The monoisotopic (exact) mass is 380 g/mol. The number of rotatable bonds is 6. The average molecular weight is 380 g/mol. The Balaban J connectivity index is 1.97. The second-order valence-corrected chi connectivity index (χ2v) is 7.36. The molecule has 0 saturated carbocycles. The van der Waals surface area contributed by atoms with E-state index >= 15 is 0 Å². The van der Waals surface area contributed by atoms with Gasteiger partial charge in [-0.3, -0.25) is 9.79 Å². The van der Waals surface area contributed by atoms with Crippen LogP contribution in [0.25, 0.3) is 0 Å². The third-order valence-corrected chi connectivity index (χ3v) is 4.70. The van der Waals surface area contributed by atoms with Crippen molar-refractivity contribution in [2.24, 2.45) is 10.9 Å². The zero-order valence-corrected chi connectivity index (χ0v) is 16.6. The Bertz CT molecular complexity index is 678. The van der Waals surface area contributed by atoms with E-state index in [4.69, 9.17) is 0 Å². The number of hydrogen-bond donors (Lipinski definition) is 2. The van der Waals surface area contributed by atoms with Crippen LogP contribution in [0.4, 0.5) is 8.78 Å². The Hall–Kier alpha value is -2.18. The van der Waals surface area contributed by atoms with E-state index in [1.165, 1.54) is 12.1 Å². The summed E-state index contributed by atoms with van der Waals surface area (Å²) in [5, 5.41) is 6.55. The number of guanidine groups is 1. The second kappa shape index (κ2) is 9.67. The highest BCUT2D eigenvalue weighted by Gasteiger charge is 2.28. The number of nitrogens with one attached hydrogen (secondary N) is 2. The molecule has 1 aromatic rings. The molecule has 2 N–H and O–H groups in total. The minimum absolute atomic E-state index is 0.00268. The molecule has 1 aromatic carbocycles. The number of nitrogens with zero attached hydrogens (tertiary/aromatic N) is 2. The summed E-state index contributed by atoms with van der Waals surface area (Å²) in [6.07, 6.45) is 0.866. The van der Waals surface area contributed by atoms with Crippen molar-refractivity contribution in [1.82, 2.24) is 15.5 Å². The lowest BCUT2D eigenvalue weighted by molar-refractivity contribution is -0.133. The van der Waals surface area contributed by atoms with E-state index in [2.05, 4.69) is 15.6 Å². The van der Waals surface area contributed by atoms with Crippen molar-refractivity contribution in [1.29, 1.82) is 0 Å². The van der Waals surface area contributed by atoms with Gasteiger partial charge in [-0.1, -0.05) is 26.8 Å². The highest BCUT2D eigenvalue weighted by atomic mass is 19.1. The molecule has 0 bridgehead atoms. The summed E-state index contributed by atoms with van der Waals surface area (Å²) >= 11 is 0. The molecule has 2 atom stereocenters. The van der Waals surface area contributed by atoms with Crippen LogP contribution in [0.1, 0.15) is 45.6 Å². The van der Waals surface area contributed by atoms with E-state index in [1.807, 2.05) is 32.6 Å². The summed E-state index contributed by atoms with van der Waals surface area (Å²) in [4.78, 5) is 18.5. The van der Waals surface area contributed by atoms with Gasteiger partial charge in [-0.25, -0.2) is 8.78 Å². The van der Waals surface area contributed by atoms with Crippen molar-refractivity contribution < 1.29 is 13.6 Å². The average Bonchev–Trinajstić information content (AvgIpc) is 3.07. The van der Waals surface area contributed by atoms with Gasteiger partial charge < -0.3 is 15.5 Å². The van der Waals surface area contributed by atoms with Crippen LogP contribution >= 0.6 is 0 Å². The van der Waals surface area contributed by atoms with Crippen LogP contribution in [0.3, 0.4) is 0 Å². The Kier molecular flexibility index (Phi) is 7.56. The smallest absolute Gasteiger partial charge is 0.225 e. The summed E-state index contributed by atoms with van der Waals surface area (Å²) in [7, 11) is 0. The molecule has 1 amide bonds. The summed E-state index contributed by atoms with van der Waals surface area (Å²) in [6.45, 7) is 10.1. The molecule has 0 aliphatic carbocycles. The molecule has 1 aliphatic rings. The number of amides is 1. The lowest BCUT2D eigenvalue weighted by Gasteiger charge is -2.20. The Morgan fingerprint density at radius 2 is 2.07 bits per heavy atom. The minimum atomic E-state index is -0.580. The zero-order valence-electron chi connectivity index (χ0n) is 16.6. The normalized spacial score (nSPS) is 18.7. The molecule has 1 saturated heterocycles. The molecule has 2 rings (SSSR count). The van der Waals surface area contributed by atoms with Crippen molar-refractivity contribution >= 4 is 11.9 Å². The maximum absolute atomic E-state index is 13.9. The number of hydrogen-bond acceptors (Lipinski definition) is 2. The molecule has 1 aliphatic heterocycles. The Morgan fingerprint density at radius 1 is 1.33 bits per heavy atom. The minimum Gasteiger partial charge on any atom is -0.357 e. The Morgan fingerprint density at radius 3 is 2.70 bits per heavy atom. The molecule has 7 heteroatoms. The maximum atomic E-state index is 13.9. The van der Waals surface area contributed by atoms with Crippen LogP contribution in [0.5, 0.6) is 0 Å². The van der Waals surface area contributed by atoms with Crippen molar-refractivity contribution in [2.45, 2.75) is 46.1 Å². The summed E-state index contributed by atoms with van der Waals surface area (Å²) in [6, 6.07) is 3.78. The fourth-order valence-corrected chi connectivity index (χ4v) is 3.18. The predicted octanol–water partition coefficient (Wildman–Crippen LogP) is 2.88. The largest absolute Gasteiger partial charge is 0.357 e. The van der Waals surface area contributed by atoms with Crippen LogP contribution in [0.2, 0.25) is 0 Å². The molecule has 0 spiro atoms. The van der Waals surface area contributed by atoms with Crippen LogP contribution in [-0.4, -0.2) is 49.0 Å². The molecular formula is C20H30F2N4O. The van der Waals surface area contributed by atoms with Gasteiger partial charge in [0.2, 0.25) is 5.91 Å². The quantitative estimate of drug-likeness (QED) is 0.589. The molecule has 1 heterocycles. The molecule has 1 fully saturated rings. The van der Waals surface area contributed by atoms with Gasteiger partial charge in [-0.15, -0.1) is 0 Å². The number of aliphatic imine (C=N–C) groups is 1. The van der Waals surface area contributed by atoms with Gasteiger partial charge in [0, 0.05) is 50.1 Å². The van der Waals surface area contributed by atoms with Gasteiger partial charge in [-0.2, -0.15) is 0 Å².